The zero-order valence-corrected chi connectivity index (χ0v) is 13.3. The average Bonchev–Trinajstić information content (AvgIpc) is 2.51. The fraction of sp³-hybridized carbons (Fsp3) is 0.125. The molecule has 0 aliphatic heterocycles. The SMILES string of the molecule is CS(=O)(=O)c1cc([N+](=O)[O-])ccc1NC/C=C/c1ccccc1. The molecular weight excluding hydrogens is 316 g/mol. The van der Waals surface area contributed by atoms with Crippen molar-refractivity contribution in [3.8, 4) is 0 Å². The Morgan fingerprint density at radius 2 is 1.87 bits per heavy atom. The molecule has 23 heavy (non-hydrogen) atoms. The van der Waals surface area contributed by atoms with E-state index in [1.807, 2.05) is 42.5 Å². The molecule has 0 bridgehead atoms. The maximum atomic E-state index is 11.8. The maximum absolute atomic E-state index is 11.8. The van der Waals surface area contributed by atoms with Crippen molar-refractivity contribution in [2.24, 2.45) is 0 Å². The molecule has 0 heterocycles. The van der Waals surface area contributed by atoms with Gasteiger partial charge in [-0.3, -0.25) is 10.1 Å². The van der Waals surface area contributed by atoms with Crippen molar-refractivity contribution in [1.82, 2.24) is 0 Å². The van der Waals surface area contributed by atoms with Crippen molar-refractivity contribution in [3.05, 3.63) is 70.3 Å². The number of non-ortho nitro benzene ring substituents is 1. The molecule has 120 valence electrons. The van der Waals surface area contributed by atoms with Gasteiger partial charge in [0.15, 0.2) is 9.84 Å². The molecule has 0 aliphatic rings. The van der Waals surface area contributed by atoms with Gasteiger partial charge in [0, 0.05) is 24.9 Å². The van der Waals surface area contributed by atoms with Gasteiger partial charge >= 0.3 is 0 Å². The fourth-order valence-electron chi connectivity index (χ4n) is 2.01. The second-order valence-electron chi connectivity index (χ2n) is 4.90. The molecule has 0 amide bonds. The van der Waals surface area contributed by atoms with Gasteiger partial charge in [0.1, 0.15) is 0 Å². The summed E-state index contributed by atoms with van der Waals surface area (Å²) in [5, 5.41) is 13.8. The summed E-state index contributed by atoms with van der Waals surface area (Å²) in [6, 6.07) is 13.4. The number of hydrogen-bond acceptors (Lipinski definition) is 5. The number of hydrogen-bond donors (Lipinski definition) is 1. The summed E-state index contributed by atoms with van der Waals surface area (Å²) in [5.41, 5.74) is 1.12. The van der Waals surface area contributed by atoms with Crippen molar-refractivity contribution in [2.45, 2.75) is 4.90 Å². The minimum absolute atomic E-state index is 0.0835. The standard InChI is InChI=1S/C16H16N2O4S/c1-23(21,22)16-12-14(18(19)20)9-10-15(16)17-11-5-8-13-6-3-2-4-7-13/h2-10,12,17H,11H2,1H3/b8-5+. The zero-order chi connectivity index (χ0) is 16.9. The van der Waals surface area contributed by atoms with E-state index in [2.05, 4.69) is 5.32 Å². The van der Waals surface area contributed by atoms with Gasteiger partial charge in [-0.25, -0.2) is 8.42 Å². The highest BCUT2D eigenvalue weighted by atomic mass is 32.2. The van der Waals surface area contributed by atoms with Crippen LogP contribution < -0.4 is 5.32 Å². The number of anilines is 1. The number of nitrogens with zero attached hydrogens (tertiary/aromatic N) is 1. The smallest absolute Gasteiger partial charge is 0.270 e. The summed E-state index contributed by atoms with van der Waals surface area (Å²) in [6.07, 6.45) is 4.78. The van der Waals surface area contributed by atoms with Crippen molar-refractivity contribution < 1.29 is 13.3 Å². The summed E-state index contributed by atoms with van der Waals surface area (Å²) in [6.45, 7) is 0.398. The first-order valence-corrected chi connectivity index (χ1v) is 8.71. The summed E-state index contributed by atoms with van der Waals surface area (Å²) < 4.78 is 23.6. The Kier molecular flexibility index (Phi) is 5.13. The quantitative estimate of drug-likeness (QED) is 0.648. The second-order valence-corrected chi connectivity index (χ2v) is 6.89. The molecule has 0 atom stereocenters. The van der Waals surface area contributed by atoms with Gasteiger partial charge in [-0.15, -0.1) is 0 Å². The van der Waals surface area contributed by atoms with Gasteiger partial charge < -0.3 is 5.32 Å². The number of benzene rings is 2. The van der Waals surface area contributed by atoms with E-state index in [0.29, 0.717) is 12.2 Å². The van der Waals surface area contributed by atoms with Crippen LogP contribution >= 0.6 is 0 Å². The van der Waals surface area contributed by atoms with E-state index >= 15 is 0 Å². The van der Waals surface area contributed by atoms with Crippen LogP contribution in [0.25, 0.3) is 6.08 Å². The third-order valence-corrected chi connectivity index (χ3v) is 4.23. The minimum Gasteiger partial charge on any atom is -0.381 e. The number of nitro benzene ring substituents is 1. The lowest BCUT2D eigenvalue weighted by Gasteiger charge is -2.09. The lowest BCUT2D eigenvalue weighted by Crippen LogP contribution is -2.07. The Balaban J connectivity index is 2.16. The predicted octanol–water partition coefficient (Wildman–Crippen LogP) is 3.12. The first-order chi connectivity index (χ1) is 10.9. The Labute approximate surface area is 134 Å². The van der Waals surface area contributed by atoms with Crippen LogP contribution in [0.3, 0.4) is 0 Å². The van der Waals surface area contributed by atoms with Crippen LogP contribution in [-0.4, -0.2) is 26.1 Å². The summed E-state index contributed by atoms with van der Waals surface area (Å²) in [5.74, 6) is 0. The molecule has 2 aromatic rings. The van der Waals surface area contributed by atoms with Crippen LogP contribution in [-0.2, 0) is 9.84 Å². The van der Waals surface area contributed by atoms with Crippen LogP contribution in [0.4, 0.5) is 11.4 Å². The van der Waals surface area contributed by atoms with E-state index in [9.17, 15) is 18.5 Å². The molecule has 6 nitrogen and oxygen atoms in total. The Morgan fingerprint density at radius 1 is 1.17 bits per heavy atom. The lowest BCUT2D eigenvalue weighted by atomic mass is 10.2. The molecule has 0 fully saturated rings. The molecule has 0 radical (unpaired) electrons. The molecule has 0 unspecified atom stereocenters. The van der Waals surface area contributed by atoms with Gasteiger partial charge in [0.2, 0.25) is 0 Å². The molecule has 0 saturated heterocycles. The lowest BCUT2D eigenvalue weighted by molar-refractivity contribution is -0.385. The van der Waals surface area contributed by atoms with Gasteiger partial charge in [0.25, 0.3) is 5.69 Å². The highest BCUT2D eigenvalue weighted by Crippen LogP contribution is 2.26. The molecule has 7 heteroatoms. The minimum atomic E-state index is -3.57. The molecule has 1 N–H and O–H groups in total. The normalized spacial score (nSPS) is 11.5. The monoisotopic (exact) mass is 332 g/mol. The molecule has 0 aromatic heterocycles. The van der Waals surface area contributed by atoms with Gasteiger partial charge in [0.05, 0.1) is 15.5 Å². The maximum Gasteiger partial charge on any atom is 0.270 e. The summed E-state index contributed by atoms with van der Waals surface area (Å²) in [4.78, 5) is 10.1. The number of nitrogens with one attached hydrogen (secondary N) is 1. The molecule has 2 rings (SSSR count). The van der Waals surface area contributed by atoms with E-state index in [-0.39, 0.29) is 10.6 Å². The first-order valence-electron chi connectivity index (χ1n) is 6.82. The van der Waals surface area contributed by atoms with Crippen LogP contribution in [0, 0.1) is 10.1 Å². The first kappa shape index (κ1) is 16.7. The molecule has 0 aliphatic carbocycles. The number of nitro groups is 1. The molecular formula is C16H16N2O4S. The van der Waals surface area contributed by atoms with Gasteiger partial charge in [-0.2, -0.15) is 0 Å². The van der Waals surface area contributed by atoms with Crippen molar-refractivity contribution in [2.75, 3.05) is 18.1 Å². The number of sulfone groups is 1. The van der Waals surface area contributed by atoms with Crippen molar-refractivity contribution in [3.63, 3.8) is 0 Å². The van der Waals surface area contributed by atoms with Gasteiger partial charge in [-0.1, -0.05) is 42.5 Å². The highest BCUT2D eigenvalue weighted by Gasteiger charge is 2.17. The van der Waals surface area contributed by atoms with Crippen LogP contribution in [0.15, 0.2) is 59.5 Å². The van der Waals surface area contributed by atoms with Crippen LogP contribution in [0.5, 0.6) is 0 Å². The van der Waals surface area contributed by atoms with Gasteiger partial charge in [-0.05, 0) is 11.6 Å². The number of rotatable bonds is 6. The Hall–Kier alpha value is -2.67. The third-order valence-electron chi connectivity index (χ3n) is 3.10. The van der Waals surface area contributed by atoms with E-state index in [4.69, 9.17) is 0 Å². The van der Waals surface area contributed by atoms with E-state index in [1.54, 1.807) is 0 Å². The summed E-state index contributed by atoms with van der Waals surface area (Å²) in [7, 11) is -3.57. The largest absolute Gasteiger partial charge is 0.381 e. The average molecular weight is 332 g/mol. The molecule has 0 saturated carbocycles. The van der Waals surface area contributed by atoms with E-state index in [0.717, 1.165) is 17.9 Å². The Morgan fingerprint density at radius 3 is 2.48 bits per heavy atom. The van der Waals surface area contributed by atoms with Crippen LogP contribution in [0.2, 0.25) is 0 Å². The second kappa shape index (κ2) is 7.06. The highest BCUT2D eigenvalue weighted by molar-refractivity contribution is 7.90. The summed E-state index contributed by atoms with van der Waals surface area (Å²) >= 11 is 0. The zero-order valence-electron chi connectivity index (χ0n) is 12.5. The van der Waals surface area contributed by atoms with Crippen molar-refractivity contribution in [1.29, 1.82) is 0 Å². The van der Waals surface area contributed by atoms with Crippen molar-refractivity contribution >= 4 is 27.3 Å². The van der Waals surface area contributed by atoms with E-state index in [1.165, 1.54) is 12.1 Å². The molecule has 2 aromatic carbocycles. The molecule has 0 spiro atoms. The van der Waals surface area contributed by atoms with E-state index < -0.39 is 14.8 Å². The predicted molar refractivity (Wildman–Crippen MR) is 90.2 cm³/mol. The Bertz CT molecular complexity index is 830. The topological polar surface area (TPSA) is 89.3 Å². The third kappa shape index (κ3) is 4.65. The van der Waals surface area contributed by atoms with Crippen LogP contribution in [0.1, 0.15) is 5.56 Å². The fourth-order valence-corrected chi connectivity index (χ4v) is 2.88.